The summed E-state index contributed by atoms with van der Waals surface area (Å²) in [7, 11) is -5.63. The third kappa shape index (κ3) is 2.71. The Bertz CT molecular complexity index is 1170. The summed E-state index contributed by atoms with van der Waals surface area (Å²) in [5.41, 5.74) is -1.95. The van der Waals surface area contributed by atoms with Gasteiger partial charge in [0.15, 0.2) is 0 Å². The summed E-state index contributed by atoms with van der Waals surface area (Å²) in [6.45, 7) is 0. The zero-order valence-electron chi connectivity index (χ0n) is 12.8. The molecular formula is C16H10BrF2N2O3PS. The van der Waals surface area contributed by atoms with Gasteiger partial charge in [-0.1, -0.05) is 12.1 Å². The first-order valence-corrected chi connectivity index (χ1v) is 10.5. The lowest BCUT2D eigenvalue weighted by molar-refractivity contribution is 0.0595. The zero-order chi connectivity index (χ0) is 18.7. The molecule has 5 nitrogen and oxygen atoms in total. The maximum absolute atomic E-state index is 14.1. The molecular weight excluding hydrogens is 449 g/mol. The van der Waals surface area contributed by atoms with E-state index >= 15 is 0 Å². The van der Waals surface area contributed by atoms with E-state index in [9.17, 15) is 13.3 Å². The predicted octanol–water partition coefficient (Wildman–Crippen LogP) is 5.43. The van der Waals surface area contributed by atoms with Crippen molar-refractivity contribution in [3.8, 4) is 11.4 Å². The second-order valence-corrected chi connectivity index (χ2v) is 9.14. The van der Waals surface area contributed by atoms with Gasteiger partial charge in [-0.2, -0.15) is 8.78 Å². The van der Waals surface area contributed by atoms with Crippen molar-refractivity contribution < 1.29 is 23.1 Å². The quantitative estimate of drug-likeness (QED) is 0.357. The summed E-state index contributed by atoms with van der Waals surface area (Å²) in [6, 6.07) is 12.5. The number of H-pyrrole nitrogens is 1. The summed E-state index contributed by atoms with van der Waals surface area (Å²) in [6.07, 6.45) is 0. The van der Waals surface area contributed by atoms with Gasteiger partial charge >= 0.3 is 13.3 Å². The number of halogens is 3. The van der Waals surface area contributed by atoms with Crippen molar-refractivity contribution >= 4 is 56.0 Å². The standard InChI is InChI=1S/C16H10BrF2N2O3PS/c17-13-9-7-8(15-20-10-3-1-2-4-11(10)21-15)5-6-12(9)26-14(13)16(18,19)25(22,23)24/h1-7H,(H,20,21)(H2,22,23,24). The van der Waals surface area contributed by atoms with Crippen molar-refractivity contribution in [2.45, 2.75) is 5.66 Å². The lowest BCUT2D eigenvalue weighted by Gasteiger charge is -2.16. The van der Waals surface area contributed by atoms with Crippen LogP contribution < -0.4 is 0 Å². The molecule has 26 heavy (non-hydrogen) atoms. The van der Waals surface area contributed by atoms with Gasteiger partial charge in [-0.25, -0.2) is 4.98 Å². The Labute approximate surface area is 158 Å². The number of aromatic amines is 1. The lowest BCUT2D eigenvalue weighted by atomic mass is 10.1. The molecule has 0 saturated heterocycles. The molecule has 4 aromatic rings. The van der Waals surface area contributed by atoms with E-state index in [2.05, 4.69) is 25.9 Å². The third-order valence-corrected chi connectivity index (χ3v) is 7.36. The van der Waals surface area contributed by atoms with Crippen LogP contribution in [-0.4, -0.2) is 19.8 Å². The van der Waals surface area contributed by atoms with Crippen molar-refractivity contribution in [3.05, 3.63) is 51.8 Å². The highest BCUT2D eigenvalue weighted by molar-refractivity contribution is 9.10. The maximum Gasteiger partial charge on any atom is 0.400 e. The van der Waals surface area contributed by atoms with Gasteiger partial charge < -0.3 is 14.8 Å². The van der Waals surface area contributed by atoms with E-state index in [0.29, 0.717) is 32.8 Å². The second-order valence-electron chi connectivity index (χ2n) is 5.64. The largest absolute Gasteiger partial charge is 0.400 e. The topological polar surface area (TPSA) is 86.2 Å². The van der Waals surface area contributed by atoms with Crippen molar-refractivity contribution in [1.29, 1.82) is 0 Å². The number of nitrogens with one attached hydrogen (secondary N) is 1. The maximum atomic E-state index is 14.1. The minimum Gasteiger partial charge on any atom is -0.338 e. The average molecular weight is 459 g/mol. The Morgan fingerprint density at radius 3 is 2.62 bits per heavy atom. The molecule has 0 spiro atoms. The molecule has 0 amide bonds. The molecule has 4 rings (SSSR count). The van der Waals surface area contributed by atoms with Gasteiger partial charge in [0.05, 0.1) is 11.0 Å². The summed E-state index contributed by atoms with van der Waals surface area (Å²) < 4.78 is 39.9. The van der Waals surface area contributed by atoms with E-state index in [0.717, 1.165) is 11.0 Å². The van der Waals surface area contributed by atoms with Crippen LogP contribution in [0.25, 0.3) is 32.5 Å². The number of nitrogens with zero attached hydrogens (tertiary/aromatic N) is 1. The van der Waals surface area contributed by atoms with Crippen LogP contribution in [0.1, 0.15) is 4.88 Å². The molecule has 0 unspecified atom stereocenters. The minimum absolute atomic E-state index is 0.0243. The molecule has 0 fully saturated rings. The van der Waals surface area contributed by atoms with E-state index in [1.807, 2.05) is 24.3 Å². The molecule has 3 N–H and O–H groups in total. The fourth-order valence-corrected chi connectivity index (χ4v) is 5.55. The van der Waals surface area contributed by atoms with Gasteiger partial charge in [-0.05, 0) is 46.3 Å². The first kappa shape index (κ1) is 17.8. The van der Waals surface area contributed by atoms with Gasteiger partial charge in [-0.3, -0.25) is 4.57 Å². The third-order valence-electron chi connectivity index (χ3n) is 3.93. The number of aromatic nitrogens is 2. The van der Waals surface area contributed by atoms with E-state index < -0.39 is 18.1 Å². The van der Waals surface area contributed by atoms with Gasteiger partial charge in [0.1, 0.15) is 10.7 Å². The second kappa shape index (κ2) is 5.94. The summed E-state index contributed by atoms with van der Waals surface area (Å²) in [5, 5.41) is 0.441. The molecule has 0 bridgehead atoms. The number of fused-ring (bicyclic) bond motifs is 2. The van der Waals surface area contributed by atoms with Gasteiger partial charge in [0.2, 0.25) is 0 Å². The van der Waals surface area contributed by atoms with Crippen LogP contribution in [0.5, 0.6) is 0 Å². The van der Waals surface area contributed by atoms with Crippen molar-refractivity contribution in [2.24, 2.45) is 0 Å². The lowest BCUT2D eigenvalue weighted by Crippen LogP contribution is -2.12. The first-order valence-electron chi connectivity index (χ1n) is 7.29. The Kier molecular flexibility index (Phi) is 4.05. The van der Waals surface area contributed by atoms with Crippen molar-refractivity contribution in [3.63, 3.8) is 0 Å². The van der Waals surface area contributed by atoms with Gasteiger partial charge in [0, 0.05) is 20.1 Å². The fourth-order valence-electron chi connectivity index (χ4n) is 2.63. The van der Waals surface area contributed by atoms with Crippen LogP contribution in [0, 0.1) is 0 Å². The summed E-state index contributed by atoms with van der Waals surface area (Å²) >= 11 is 3.72. The van der Waals surface area contributed by atoms with E-state index in [4.69, 9.17) is 9.79 Å². The van der Waals surface area contributed by atoms with Gasteiger partial charge in [-0.15, -0.1) is 11.3 Å². The molecule has 0 saturated carbocycles. The number of hydrogen-bond acceptors (Lipinski definition) is 3. The van der Waals surface area contributed by atoms with Crippen LogP contribution in [0.3, 0.4) is 0 Å². The number of hydrogen-bond donors (Lipinski definition) is 3. The summed E-state index contributed by atoms with van der Waals surface area (Å²) in [5.74, 6) is 0.578. The number of benzene rings is 2. The monoisotopic (exact) mass is 458 g/mol. The highest BCUT2D eigenvalue weighted by Crippen LogP contribution is 2.63. The Morgan fingerprint density at radius 2 is 1.92 bits per heavy atom. The Morgan fingerprint density at radius 1 is 1.19 bits per heavy atom. The molecule has 0 aliphatic heterocycles. The molecule has 0 radical (unpaired) electrons. The number of alkyl halides is 2. The van der Waals surface area contributed by atoms with Gasteiger partial charge in [0.25, 0.3) is 0 Å². The number of para-hydroxylation sites is 2. The molecule has 10 heteroatoms. The van der Waals surface area contributed by atoms with E-state index in [-0.39, 0.29) is 4.47 Å². The molecule has 0 atom stereocenters. The molecule has 0 aliphatic carbocycles. The molecule has 2 aromatic carbocycles. The first-order chi connectivity index (χ1) is 12.2. The molecule has 0 aliphatic rings. The SMILES string of the molecule is O=P(O)(O)C(F)(F)c1sc2ccc(-c3nc4ccccc4[nH]3)cc2c1Br. The fraction of sp³-hybridized carbons (Fsp3) is 0.0625. The van der Waals surface area contributed by atoms with Crippen LogP contribution in [0.2, 0.25) is 0 Å². The molecule has 134 valence electrons. The van der Waals surface area contributed by atoms with Crippen LogP contribution in [0.4, 0.5) is 8.78 Å². The highest BCUT2D eigenvalue weighted by atomic mass is 79.9. The zero-order valence-corrected chi connectivity index (χ0v) is 16.1. The van der Waals surface area contributed by atoms with E-state index in [1.165, 1.54) is 0 Å². The van der Waals surface area contributed by atoms with Crippen molar-refractivity contribution in [2.75, 3.05) is 0 Å². The molecule has 2 heterocycles. The average Bonchev–Trinajstić information content (AvgIpc) is 3.15. The van der Waals surface area contributed by atoms with E-state index in [1.54, 1.807) is 18.2 Å². The smallest absolute Gasteiger partial charge is 0.338 e. The minimum atomic E-state index is -5.63. The number of rotatable bonds is 3. The van der Waals surface area contributed by atoms with Crippen molar-refractivity contribution in [1.82, 2.24) is 9.97 Å². The number of thiophene rings is 1. The summed E-state index contributed by atoms with van der Waals surface area (Å²) in [4.78, 5) is 24.9. The normalized spacial score (nSPS) is 13.0. The highest BCUT2D eigenvalue weighted by Gasteiger charge is 2.53. The van der Waals surface area contributed by atoms with Crippen LogP contribution >= 0.6 is 34.9 Å². The van der Waals surface area contributed by atoms with Crippen LogP contribution in [-0.2, 0) is 10.2 Å². The number of imidazole rings is 1. The predicted molar refractivity (Wildman–Crippen MR) is 101 cm³/mol. The Hall–Kier alpha value is -1.64. The Balaban J connectivity index is 1.88. The van der Waals surface area contributed by atoms with Crippen LogP contribution in [0.15, 0.2) is 46.9 Å². The molecule has 2 aromatic heterocycles.